The number of nitrogen functional groups attached to an aromatic ring is 1. The van der Waals surface area contributed by atoms with E-state index in [-0.39, 0.29) is 0 Å². The van der Waals surface area contributed by atoms with Gasteiger partial charge < -0.3 is 5.73 Å². The summed E-state index contributed by atoms with van der Waals surface area (Å²) < 4.78 is 0. The van der Waals surface area contributed by atoms with E-state index in [1.165, 1.54) is 6.20 Å². The fraction of sp³-hybridized carbons (Fsp3) is 0. The molecular formula is C11H8N4. The number of benzene rings is 1. The Kier molecular flexibility index (Phi) is 2.30. The summed E-state index contributed by atoms with van der Waals surface area (Å²) in [5.41, 5.74) is 8.13. The number of nitrogens with zero attached hydrogens (tertiary/aromatic N) is 3. The second-order valence-corrected chi connectivity index (χ2v) is 3.03. The van der Waals surface area contributed by atoms with Crippen molar-refractivity contribution in [2.75, 3.05) is 5.73 Å². The van der Waals surface area contributed by atoms with Crippen molar-refractivity contribution < 1.29 is 0 Å². The first-order valence-electron chi connectivity index (χ1n) is 4.37. The molecule has 0 atom stereocenters. The van der Waals surface area contributed by atoms with Gasteiger partial charge in [-0.15, -0.1) is 0 Å². The van der Waals surface area contributed by atoms with E-state index in [9.17, 15) is 0 Å². The van der Waals surface area contributed by atoms with E-state index in [4.69, 9.17) is 11.0 Å². The Labute approximate surface area is 87.0 Å². The van der Waals surface area contributed by atoms with E-state index in [2.05, 4.69) is 9.97 Å². The van der Waals surface area contributed by atoms with Gasteiger partial charge in [0.2, 0.25) is 0 Å². The van der Waals surface area contributed by atoms with Crippen LogP contribution in [0.3, 0.4) is 0 Å². The molecule has 15 heavy (non-hydrogen) atoms. The van der Waals surface area contributed by atoms with E-state index < -0.39 is 0 Å². The van der Waals surface area contributed by atoms with Gasteiger partial charge >= 0.3 is 0 Å². The molecule has 2 rings (SSSR count). The van der Waals surface area contributed by atoms with Crippen LogP contribution < -0.4 is 5.73 Å². The zero-order chi connectivity index (χ0) is 10.7. The Morgan fingerprint density at radius 3 is 2.87 bits per heavy atom. The van der Waals surface area contributed by atoms with E-state index in [0.717, 1.165) is 5.56 Å². The summed E-state index contributed by atoms with van der Waals surface area (Å²) in [5.74, 6) is 0. The lowest BCUT2D eigenvalue weighted by Gasteiger charge is -2.01. The molecular weight excluding hydrogens is 188 g/mol. The molecule has 0 aliphatic carbocycles. The Hall–Kier alpha value is -2.41. The van der Waals surface area contributed by atoms with Crippen LogP contribution in [-0.2, 0) is 0 Å². The van der Waals surface area contributed by atoms with Gasteiger partial charge in [0.05, 0.1) is 18.1 Å². The third kappa shape index (κ3) is 1.92. The molecule has 1 aromatic heterocycles. The highest BCUT2D eigenvalue weighted by molar-refractivity contribution is 5.63. The van der Waals surface area contributed by atoms with E-state index in [1.54, 1.807) is 18.3 Å². The van der Waals surface area contributed by atoms with Crippen LogP contribution in [0.15, 0.2) is 36.7 Å². The minimum atomic E-state index is 0.301. The average molecular weight is 196 g/mol. The third-order valence-corrected chi connectivity index (χ3v) is 1.93. The number of anilines is 1. The molecule has 0 radical (unpaired) electrons. The van der Waals surface area contributed by atoms with Gasteiger partial charge in [0.25, 0.3) is 0 Å². The molecule has 2 N–H and O–H groups in total. The van der Waals surface area contributed by atoms with Crippen molar-refractivity contribution in [3.63, 3.8) is 0 Å². The summed E-state index contributed by atoms with van der Waals surface area (Å²) in [7, 11) is 0. The summed E-state index contributed by atoms with van der Waals surface area (Å²) >= 11 is 0. The van der Waals surface area contributed by atoms with Crippen molar-refractivity contribution >= 4 is 5.69 Å². The normalized spacial score (nSPS) is 9.53. The van der Waals surface area contributed by atoms with E-state index in [0.29, 0.717) is 17.1 Å². The van der Waals surface area contributed by atoms with Crippen LogP contribution in [0, 0.1) is 11.3 Å². The van der Waals surface area contributed by atoms with Crippen LogP contribution in [0.1, 0.15) is 5.69 Å². The van der Waals surface area contributed by atoms with Crippen molar-refractivity contribution in [1.82, 2.24) is 9.97 Å². The van der Waals surface area contributed by atoms with Crippen LogP contribution in [0.25, 0.3) is 11.3 Å². The quantitative estimate of drug-likeness (QED) is 0.703. The average Bonchev–Trinajstić information content (AvgIpc) is 2.29. The maximum Gasteiger partial charge on any atom is 0.159 e. The van der Waals surface area contributed by atoms with Gasteiger partial charge in [-0.05, 0) is 12.1 Å². The van der Waals surface area contributed by atoms with Crippen molar-refractivity contribution in [3.8, 4) is 17.3 Å². The fourth-order valence-electron chi connectivity index (χ4n) is 1.26. The van der Waals surface area contributed by atoms with Crippen molar-refractivity contribution in [2.45, 2.75) is 0 Å². The summed E-state index contributed by atoms with van der Waals surface area (Å²) in [6, 6.07) is 9.26. The molecule has 72 valence electrons. The predicted octanol–water partition coefficient (Wildman–Crippen LogP) is 1.60. The number of hydrogen-bond donors (Lipinski definition) is 1. The maximum absolute atomic E-state index is 8.69. The molecule has 0 saturated heterocycles. The SMILES string of the molecule is N#Cc1cncc(-c2cccc(N)c2)n1. The topological polar surface area (TPSA) is 75.6 Å². The van der Waals surface area contributed by atoms with Crippen LogP contribution in [-0.4, -0.2) is 9.97 Å². The highest BCUT2D eigenvalue weighted by atomic mass is 14.8. The number of nitriles is 1. The first-order valence-corrected chi connectivity index (χ1v) is 4.37. The van der Waals surface area contributed by atoms with E-state index in [1.807, 2.05) is 18.2 Å². The molecule has 0 unspecified atom stereocenters. The van der Waals surface area contributed by atoms with Gasteiger partial charge in [0.1, 0.15) is 6.07 Å². The van der Waals surface area contributed by atoms with Gasteiger partial charge in [-0.2, -0.15) is 5.26 Å². The Morgan fingerprint density at radius 2 is 2.13 bits per heavy atom. The molecule has 0 saturated carbocycles. The third-order valence-electron chi connectivity index (χ3n) is 1.93. The second kappa shape index (κ2) is 3.76. The largest absolute Gasteiger partial charge is 0.399 e. The number of aromatic nitrogens is 2. The summed E-state index contributed by atoms with van der Waals surface area (Å²) in [6.07, 6.45) is 3.03. The first-order chi connectivity index (χ1) is 7.29. The smallest absolute Gasteiger partial charge is 0.159 e. The van der Waals surface area contributed by atoms with Gasteiger partial charge in [0, 0.05) is 11.3 Å². The zero-order valence-corrected chi connectivity index (χ0v) is 7.88. The molecule has 4 nitrogen and oxygen atoms in total. The summed E-state index contributed by atoms with van der Waals surface area (Å²) in [5, 5.41) is 8.69. The Balaban J connectivity index is 2.50. The Bertz CT molecular complexity index is 528. The van der Waals surface area contributed by atoms with Gasteiger partial charge in [-0.25, -0.2) is 4.98 Å². The number of nitrogens with two attached hydrogens (primary N) is 1. The monoisotopic (exact) mass is 196 g/mol. The summed E-state index contributed by atoms with van der Waals surface area (Å²) in [6.45, 7) is 0. The lowest BCUT2D eigenvalue weighted by Crippen LogP contribution is -1.91. The molecule has 0 aliphatic heterocycles. The van der Waals surface area contributed by atoms with Gasteiger partial charge in [-0.3, -0.25) is 4.98 Å². The molecule has 4 heteroatoms. The number of hydrogen-bond acceptors (Lipinski definition) is 4. The molecule has 0 aliphatic rings. The lowest BCUT2D eigenvalue weighted by molar-refractivity contribution is 1.17. The highest BCUT2D eigenvalue weighted by Crippen LogP contribution is 2.18. The zero-order valence-electron chi connectivity index (χ0n) is 7.88. The minimum Gasteiger partial charge on any atom is -0.399 e. The molecule has 2 aromatic rings. The van der Waals surface area contributed by atoms with Crippen LogP contribution >= 0.6 is 0 Å². The predicted molar refractivity (Wildman–Crippen MR) is 56.6 cm³/mol. The highest BCUT2D eigenvalue weighted by Gasteiger charge is 2.01. The van der Waals surface area contributed by atoms with Gasteiger partial charge in [0.15, 0.2) is 5.69 Å². The van der Waals surface area contributed by atoms with Crippen LogP contribution in [0.4, 0.5) is 5.69 Å². The van der Waals surface area contributed by atoms with Crippen LogP contribution in [0.2, 0.25) is 0 Å². The second-order valence-electron chi connectivity index (χ2n) is 3.03. The molecule has 0 bridgehead atoms. The van der Waals surface area contributed by atoms with Crippen molar-refractivity contribution in [3.05, 3.63) is 42.4 Å². The maximum atomic E-state index is 8.69. The van der Waals surface area contributed by atoms with E-state index >= 15 is 0 Å². The molecule has 0 amide bonds. The molecule has 0 fully saturated rings. The Morgan fingerprint density at radius 1 is 1.27 bits per heavy atom. The van der Waals surface area contributed by atoms with Crippen molar-refractivity contribution in [2.24, 2.45) is 0 Å². The van der Waals surface area contributed by atoms with Crippen LogP contribution in [0.5, 0.6) is 0 Å². The fourth-order valence-corrected chi connectivity index (χ4v) is 1.26. The molecule has 1 aromatic carbocycles. The standard InChI is InChI=1S/C11H8N4/c12-5-10-6-14-7-11(15-10)8-2-1-3-9(13)4-8/h1-4,6-7H,13H2. The molecule has 0 spiro atoms. The summed E-state index contributed by atoms with van der Waals surface area (Å²) in [4.78, 5) is 8.06. The van der Waals surface area contributed by atoms with Crippen molar-refractivity contribution in [1.29, 1.82) is 5.26 Å². The molecule has 1 heterocycles. The van der Waals surface area contributed by atoms with Gasteiger partial charge in [-0.1, -0.05) is 12.1 Å². The first kappa shape index (κ1) is 9.16. The lowest BCUT2D eigenvalue weighted by atomic mass is 10.1. The number of rotatable bonds is 1. The minimum absolute atomic E-state index is 0.301.